The molecule has 0 aromatic heterocycles. The fourth-order valence-corrected chi connectivity index (χ4v) is 4.87. The number of hydrogen-bond donors (Lipinski definition) is 0. The fraction of sp³-hybridized carbons (Fsp3) is 0.600. The molecule has 2 saturated heterocycles. The molecule has 2 aliphatic rings. The van der Waals surface area contributed by atoms with E-state index in [1.807, 2.05) is 7.05 Å². The molecule has 6 nitrogen and oxygen atoms in total. The number of sulfonamides is 1. The Morgan fingerprint density at radius 1 is 1.35 bits per heavy atom. The number of hydrogen-bond acceptors (Lipinski definition) is 5. The molecule has 0 saturated carbocycles. The molecule has 2 atom stereocenters. The van der Waals surface area contributed by atoms with Crippen LogP contribution in [0.15, 0.2) is 23.1 Å². The van der Waals surface area contributed by atoms with Gasteiger partial charge in [0.05, 0.1) is 30.8 Å². The number of likely N-dealkylation sites (N-methyl/N-ethyl adjacent to an activating group) is 1. The fourth-order valence-electron chi connectivity index (χ4n) is 3.23. The number of benzene rings is 1. The van der Waals surface area contributed by atoms with Gasteiger partial charge in [0.25, 0.3) is 0 Å². The maximum atomic E-state index is 13.6. The van der Waals surface area contributed by atoms with Crippen LogP contribution < -0.4 is 4.74 Å². The van der Waals surface area contributed by atoms with Crippen LogP contribution in [0.4, 0.5) is 4.39 Å². The van der Waals surface area contributed by atoms with E-state index in [-0.39, 0.29) is 22.8 Å². The Labute approximate surface area is 135 Å². The highest BCUT2D eigenvalue weighted by molar-refractivity contribution is 7.89. The van der Waals surface area contributed by atoms with E-state index < -0.39 is 15.8 Å². The number of piperidine rings is 1. The summed E-state index contributed by atoms with van der Waals surface area (Å²) >= 11 is 0. The molecule has 2 heterocycles. The van der Waals surface area contributed by atoms with Crippen molar-refractivity contribution in [2.45, 2.75) is 23.5 Å². The van der Waals surface area contributed by atoms with Gasteiger partial charge in [-0.1, -0.05) is 0 Å². The SMILES string of the molecule is COc1cc(S(=O)(=O)N2CCO[C@H]3CCN(C)C[C@@H]32)ccc1F. The number of nitrogens with zero attached hydrogens (tertiary/aromatic N) is 2. The summed E-state index contributed by atoms with van der Waals surface area (Å²) in [6, 6.07) is 3.42. The van der Waals surface area contributed by atoms with E-state index in [0.717, 1.165) is 19.0 Å². The third-order valence-electron chi connectivity index (χ3n) is 4.47. The zero-order chi connectivity index (χ0) is 16.6. The summed E-state index contributed by atoms with van der Waals surface area (Å²) in [6.07, 6.45) is 0.719. The largest absolute Gasteiger partial charge is 0.494 e. The molecule has 1 aromatic rings. The predicted octanol–water partition coefficient (Wildman–Crippen LogP) is 0.928. The van der Waals surface area contributed by atoms with Gasteiger partial charge in [0, 0.05) is 25.7 Å². The van der Waals surface area contributed by atoms with Crippen molar-refractivity contribution < 1.29 is 22.3 Å². The van der Waals surface area contributed by atoms with E-state index >= 15 is 0 Å². The standard InChI is InChI=1S/C15H21FN2O4S/c1-17-6-5-14-13(10-17)18(7-8-22-14)23(19,20)11-3-4-12(16)15(9-11)21-2/h3-4,9,13-14H,5-8,10H2,1-2H3/t13-,14-/m0/s1. The minimum absolute atomic E-state index is 0.0460. The van der Waals surface area contributed by atoms with E-state index in [2.05, 4.69) is 4.90 Å². The molecule has 0 amide bonds. The van der Waals surface area contributed by atoms with Crippen LogP contribution in [0.3, 0.4) is 0 Å². The van der Waals surface area contributed by atoms with Gasteiger partial charge in [-0.05, 0) is 25.6 Å². The zero-order valence-electron chi connectivity index (χ0n) is 13.2. The van der Waals surface area contributed by atoms with E-state index in [0.29, 0.717) is 19.7 Å². The maximum Gasteiger partial charge on any atom is 0.243 e. The molecule has 128 valence electrons. The molecule has 0 aliphatic carbocycles. The quantitative estimate of drug-likeness (QED) is 0.816. The van der Waals surface area contributed by atoms with Crippen molar-refractivity contribution in [3.63, 3.8) is 0 Å². The Morgan fingerprint density at radius 3 is 2.87 bits per heavy atom. The van der Waals surface area contributed by atoms with Gasteiger partial charge in [0.2, 0.25) is 10.0 Å². The zero-order valence-corrected chi connectivity index (χ0v) is 14.1. The Hall–Kier alpha value is -1.22. The molecule has 0 unspecified atom stereocenters. The Morgan fingerprint density at radius 2 is 2.13 bits per heavy atom. The summed E-state index contributed by atoms with van der Waals surface area (Å²) in [6.45, 7) is 2.20. The summed E-state index contributed by atoms with van der Waals surface area (Å²) in [5.74, 6) is -0.652. The van der Waals surface area contributed by atoms with E-state index in [4.69, 9.17) is 9.47 Å². The highest BCUT2D eigenvalue weighted by atomic mass is 32.2. The van der Waals surface area contributed by atoms with Gasteiger partial charge < -0.3 is 14.4 Å². The lowest BCUT2D eigenvalue weighted by molar-refractivity contribution is -0.0719. The number of fused-ring (bicyclic) bond motifs is 1. The van der Waals surface area contributed by atoms with Gasteiger partial charge in [-0.3, -0.25) is 0 Å². The number of likely N-dealkylation sites (tertiary alicyclic amines) is 1. The lowest BCUT2D eigenvalue weighted by Gasteiger charge is -2.45. The molecule has 0 radical (unpaired) electrons. The molecule has 0 bridgehead atoms. The Balaban J connectivity index is 1.94. The highest BCUT2D eigenvalue weighted by Crippen LogP contribution is 2.30. The number of halogens is 1. The van der Waals surface area contributed by atoms with E-state index in [1.165, 1.54) is 23.5 Å². The third-order valence-corrected chi connectivity index (χ3v) is 6.39. The summed E-state index contributed by atoms with van der Waals surface area (Å²) in [5, 5.41) is 0. The predicted molar refractivity (Wildman–Crippen MR) is 82.5 cm³/mol. The molecule has 0 N–H and O–H groups in total. The van der Waals surface area contributed by atoms with Crippen LogP contribution in [0.2, 0.25) is 0 Å². The van der Waals surface area contributed by atoms with Crippen molar-refractivity contribution in [2.75, 3.05) is 40.4 Å². The summed E-state index contributed by atoms with van der Waals surface area (Å²) < 4.78 is 51.7. The van der Waals surface area contributed by atoms with Crippen LogP contribution in [0, 0.1) is 5.82 Å². The highest BCUT2D eigenvalue weighted by Gasteiger charge is 2.42. The second-order valence-electron chi connectivity index (χ2n) is 5.94. The Kier molecular flexibility index (Phi) is 4.59. The minimum Gasteiger partial charge on any atom is -0.494 e. The smallest absolute Gasteiger partial charge is 0.243 e. The first-order chi connectivity index (χ1) is 10.9. The van der Waals surface area contributed by atoms with Crippen molar-refractivity contribution in [1.29, 1.82) is 0 Å². The number of ether oxygens (including phenoxy) is 2. The van der Waals surface area contributed by atoms with Crippen molar-refractivity contribution in [1.82, 2.24) is 9.21 Å². The van der Waals surface area contributed by atoms with Gasteiger partial charge in [-0.15, -0.1) is 0 Å². The average molecular weight is 344 g/mol. The first-order valence-corrected chi connectivity index (χ1v) is 9.03. The maximum absolute atomic E-state index is 13.6. The normalized spacial score (nSPS) is 26.7. The van der Waals surface area contributed by atoms with Crippen LogP contribution in [-0.4, -0.2) is 70.2 Å². The van der Waals surface area contributed by atoms with Crippen molar-refractivity contribution in [3.05, 3.63) is 24.0 Å². The molecule has 8 heteroatoms. The topological polar surface area (TPSA) is 59.1 Å². The number of methoxy groups -OCH3 is 1. The minimum atomic E-state index is -3.73. The summed E-state index contributed by atoms with van der Waals surface area (Å²) in [5.41, 5.74) is 0. The van der Waals surface area contributed by atoms with E-state index in [1.54, 1.807) is 0 Å². The first-order valence-electron chi connectivity index (χ1n) is 7.59. The molecule has 23 heavy (non-hydrogen) atoms. The van der Waals surface area contributed by atoms with Gasteiger partial charge in [-0.25, -0.2) is 12.8 Å². The van der Waals surface area contributed by atoms with Crippen LogP contribution in [0.5, 0.6) is 5.75 Å². The first kappa shape index (κ1) is 16.6. The average Bonchev–Trinajstić information content (AvgIpc) is 2.54. The van der Waals surface area contributed by atoms with Gasteiger partial charge >= 0.3 is 0 Å². The van der Waals surface area contributed by atoms with Gasteiger partial charge in [0.15, 0.2) is 11.6 Å². The molecule has 2 aliphatic heterocycles. The van der Waals surface area contributed by atoms with Crippen molar-refractivity contribution in [3.8, 4) is 5.75 Å². The monoisotopic (exact) mass is 344 g/mol. The van der Waals surface area contributed by atoms with Crippen LogP contribution in [0.1, 0.15) is 6.42 Å². The number of rotatable bonds is 3. The number of morpholine rings is 1. The van der Waals surface area contributed by atoms with Crippen LogP contribution >= 0.6 is 0 Å². The lowest BCUT2D eigenvalue weighted by atomic mass is 10.0. The molecular weight excluding hydrogens is 323 g/mol. The second-order valence-corrected chi connectivity index (χ2v) is 7.83. The molecule has 2 fully saturated rings. The van der Waals surface area contributed by atoms with Crippen molar-refractivity contribution in [2.24, 2.45) is 0 Å². The summed E-state index contributed by atoms with van der Waals surface area (Å²) in [4.78, 5) is 2.15. The lowest BCUT2D eigenvalue weighted by Crippen LogP contribution is -2.60. The van der Waals surface area contributed by atoms with Crippen LogP contribution in [-0.2, 0) is 14.8 Å². The molecular formula is C15H21FN2O4S. The Bertz CT molecular complexity index is 682. The third kappa shape index (κ3) is 3.08. The van der Waals surface area contributed by atoms with Crippen LogP contribution in [0.25, 0.3) is 0 Å². The molecule has 3 rings (SSSR count). The van der Waals surface area contributed by atoms with E-state index in [9.17, 15) is 12.8 Å². The van der Waals surface area contributed by atoms with Gasteiger partial charge in [-0.2, -0.15) is 4.31 Å². The van der Waals surface area contributed by atoms with Gasteiger partial charge in [0.1, 0.15) is 0 Å². The van der Waals surface area contributed by atoms with Crippen molar-refractivity contribution >= 4 is 10.0 Å². The molecule has 1 aromatic carbocycles. The molecule has 0 spiro atoms. The second kappa shape index (κ2) is 6.35. The summed E-state index contributed by atoms with van der Waals surface area (Å²) in [7, 11) is -0.441.